The number of hydrogen-bond donors (Lipinski definition) is 1. The number of aromatic nitrogens is 1. The van der Waals surface area contributed by atoms with Crippen LogP contribution in [0.15, 0.2) is 29.2 Å². The molecule has 2 saturated heterocycles. The van der Waals surface area contributed by atoms with Gasteiger partial charge in [0.15, 0.2) is 16.4 Å². The molecular formula is C20H21ClF3N4O2S+. The summed E-state index contributed by atoms with van der Waals surface area (Å²) in [6.07, 6.45) is 4.19. The van der Waals surface area contributed by atoms with Crippen molar-refractivity contribution < 1.29 is 26.2 Å². The lowest BCUT2D eigenvalue weighted by Crippen LogP contribution is -2.30. The average Bonchev–Trinajstić information content (AvgIpc) is 3.21. The van der Waals surface area contributed by atoms with Crippen molar-refractivity contribution >= 4 is 38.8 Å². The van der Waals surface area contributed by atoms with Crippen LogP contribution in [0.1, 0.15) is 25.7 Å². The van der Waals surface area contributed by atoms with E-state index in [9.17, 15) is 21.6 Å². The van der Waals surface area contributed by atoms with Gasteiger partial charge in [0.2, 0.25) is 5.95 Å². The van der Waals surface area contributed by atoms with Gasteiger partial charge in [-0.2, -0.15) is 4.39 Å². The summed E-state index contributed by atoms with van der Waals surface area (Å²) in [4.78, 5) is 3.86. The minimum Gasteiger partial charge on any atom is -0.360 e. The van der Waals surface area contributed by atoms with Crippen LogP contribution in [0, 0.1) is 17.6 Å². The molecule has 0 unspecified atom stereocenters. The standard InChI is InChI=1S/C20H21ClF3N4O2S/c21-18-15(28-10-7-13(12-28)27-8-2-1-3-9-27)11-14(22)20(19(18)24)31(29,30)26-17-6-4-5-16(23)25-17/h4-6,11H,1-3,7-10,12H2,(H,25,26)/q+1. The van der Waals surface area contributed by atoms with E-state index in [0.717, 1.165) is 50.6 Å². The molecule has 2 aromatic rings. The second kappa shape index (κ2) is 8.66. The minimum absolute atomic E-state index is 0.103. The summed E-state index contributed by atoms with van der Waals surface area (Å²) in [6, 6.07) is 4.31. The van der Waals surface area contributed by atoms with Crippen molar-refractivity contribution in [3.05, 3.63) is 46.9 Å². The third kappa shape index (κ3) is 4.50. The van der Waals surface area contributed by atoms with E-state index in [0.29, 0.717) is 13.1 Å². The highest BCUT2D eigenvalue weighted by Crippen LogP contribution is 2.36. The van der Waals surface area contributed by atoms with E-state index in [2.05, 4.69) is 9.56 Å². The number of hydrogen-bond acceptors (Lipinski definition) is 4. The zero-order valence-electron chi connectivity index (χ0n) is 16.5. The van der Waals surface area contributed by atoms with Gasteiger partial charge in [0, 0.05) is 31.9 Å². The third-order valence-corrected chi connectivity index (χ3v) is 7.26. The van der Waals surface area contributed by atoms with Crippen LogP contribution < -0.4 is 9.62 Å². The highest BCUT2D eigenvalue weighted by Gasteiger charge is 2.33. The number of piperidine rings is 1. The van der Waals surface area contributed by atoms with Crippen LogP contribution in [0.2, 0.25) is 5.02 Å². The summed E-state index contributed by atoms with van der Waals surface area (Å²) in [5.41, 5.74) is 1.29. The van der Waals surface area contributed by atoms with Crippen molar-refractivity contribution in [2.24, 2.45) is 0 Å². The van der Waals surface area contributed by atoms with Crippen molar-refractivity contribution in [3.8, 4) is 0 Å². The zero-order chi connectivity index (χ0) is 22.2. The molecule has 31 heavy (non-hydrogen) atoms. The third-order valence-electron chi connectivity index (χ3n) is 5.51. The molecule has 0 spiro atoms. The van der Waals surface area contributed by atoms with E-state index >= 15 is 0 Å². The lowest BCUT2D eigenvalue weighted by molar-refractivity contribution is -0.538. The van der Waals surface area contributed by atoms with E-state index in [-0.39, 0.29) is 5.69 Å². The summed E-state index contributed by atoms with van der Waals surface area (Å²) in [6.45, 7) is 2.95. The molecule has 0 bridgehead atoms. The fourth-order valence-electron chi connectivity index (χ4n) is 4.01. The van der Waals surface area contributed by atoms with Crippen molar-refractivity contribution in [2.75, 3.05) is 35.8 Å². The van der Waals surface area contributed by atoms with E-state index < -0.39 is 43.3 Å². The first-order valence-corrected chi connectivity index (χ1v) is 11.8. The molecule has 2 aliphatic rings. The largest absolute Gasteiger partial charge is 0.360 e. The van der Waals surface area contributed by atoms with Gasteiger partial charge in [-0.15, -0.1) is 0 Å². The monoisotopic (exact) mass is 473 g/mol. The number of rotatable bonds is 4. The Morgan fingerprint density at radius 3 is 2.58 bits per heavy atom. The van der Waals surface area contributed by atoms with Crippen molar-refractivity contribution in [3.63, 3.8) is 0 Å². The Labute approximate surface area is 183 Å². The van der Waals surface area contributed by atoms with Gasteiger partial charge in [-0.3, -0.25) is 4.72 Å². The first-order chi connectivity index (χ1) is 14.8. The topological polar surface area (TPSA) is 65.3 Å². The lowest BCUT2D eigenvalue weighted by Gasteiger charge is -2.20. The van der Waals surface area contributed by atoms with Gasteiger partial charge < -0.3 is 4.90 Å². The molecule has 0 amide bonds. The van der Waals surface area contributed by atoms with Crippen LogP contribution in [-0.4, -0.2) is 49.9 Å². The number of nitrogens with zero attached hydrogens (tertiary/aromatic N) is 3. The van der Waals surface area contributed by atoms with Crippen LogP contribution in [0.5, 0.6) is 0 Å². The molecule has 4 rings (SSSR count). The highest BCUT2D eigenvalue weighted by atomic mass is 35.5. The number of sulfonamides is 1. The lowest BCUT2D eigenvalue weighted by atomic mass is 10.1. The molecular weight excluding hydrogens is 453 g/mol. The quantitative estimate of drug-likeness (QED) is 0.417. The number of nitrogens with one attached hydrogen (secondary N) is 1. The average molecular weight is 474 g/mol. The molecule has 11 heteroatoms. The Bertz CT molecular complexity index is 1150. The van der Waals surface area contributed by atoms with Gasteiger partial charge in [0.05, 0.1) is 12.2 Å². The maximum atomic E-state index is 15.0. The van der Waals surface area contributed by atoms with E-state index in [1.165, 1.54) is 18.2 Å². The Hall–Kier alpha value is -2.33. The van der Waals surface area contributed by atoms with Crippen LogP contribution in [-0.2, 0) is 10.0 Å². The number of benzene rings is 1. The molecule has 0 saturated carbocycles. The smallest absolute Gasteiger partial charge is 0.268 e. The van der Waals surface area contributed by atoms with Crippen LogP contribution in [0.25, 0.3) is 0 Å². The van der Waals surface area contributed by atoms with Gasteiger partial charge in [0.25, 0.3) is 10.0 Å². The molecule has 1 aromatic heterocycles. The van der Waals surface area contributed by atoms with Gasteiger partial charge >= 0.3 is 0 Å². The first kappa shape index (κ1) is 21.9. The van der Waals surface area contributed by atoms with Crippen LogP contribution in [0.4, 0.5) is 24.7 Å². The Morgan fingerprint density at radius 1 is 1.13 bits per heavy atom. The highest BCUT2D eigenvalue weighted by molar-refractivity contribution is 7.92. The molecule has 0 atom stereocenters. The predicted octanol–water partition coefficient (Wildman–Crippen LogP) is 3.80. The zero-order valence-corrected chi connectivity index (χ0v) is 18.1. The van der Waals surface area contributed by atoms with Crippen molar-refractivity contribution in [2.45, 2.75) is 30.6 Å². The fraction of sp³-hybridized carbons (Fsp3) is 0.400. The fourth-order valence-corrected chi connectivity index (χ4v) is 5.48. The van der Waals surface area contributed by atoms with Gasteiger partial charge in [0.1, 0.15) is 29.7 Å². The van der Waals surface area contributed by atoms with Gasteiger partial charge in [-0.1, -0.05) is 17.7 Å². The Balaban J connectivity index is 1.64. The maximum absolute atomic E-state index is 15.0. The van der Waals surface area contributed by atoms with E-state index in [4.69, 9.17) is 11.6 Å². The molecule has 3 heterocycles. The summed E-state index contributed by atoms with van der Waals surface area (Å²) in [5.74, 6) is -4.03. The molecule has 1 aromatic carbocycles. The number of pyridine rings is 1. The maximum Gasteiger partial charge on any atom is 0.268 e. The summed E-state index contributed by atoms with van der Waals surface area (Å²) in [7, 11) is -4.73. The second-order valence-electron chi connectivity index (χ2n) is 7.57. The molecule has 0 aliphatic carbocycles. The van der Waals surface area contributed by atoms with Gasteiger partial charge in [-0.25, -0.2) is 26.8 Å². The summed E-state index contributed by atoms with van der Waals surface area (Å²) in [5, 5.41) is -0.478. The molecule has 166 valence electrons. The van der Waals surface area contributed by atoms with Crippen molar-refractivity contribution in [1.82, 2.24) is 4.98 Å². The van der Waals surface area contributed by atoms with Gasteiger partial charge in [-0.05, 0) is 18.6 Å². The number of anilines is 2. The predicted molar refractivity (Wildman–Crippen MR) is 112 cm³/mol. The van der Waals surface area contributed by atoms with Crippen LogP contribution in [0.3, 0.4) is 0 Å². The van der Waals surface area contributed by atoms with Crippen molar-refractivity contribution in [1.29, 1.82) is 0 Å². The molecule has 1 N–H and O–H groups in total. The Kier molecular flexibility index (Phi) is 6.11. The molecule has 2 fully saturated rings. The van der Waals surface area contributed by atoms with Crippen LogP contribution >= 0.6 is 11.6 Å². The summed E-state index contributed by atoms with van der Waals surface area (Å²) < 4.78 is 72.3. The molecule has 2 aliphatic heterocycles. The molecule has 6 nitrogen and oxygen atoms in total. The van der Waals surface area contributed by atoms with E-state index in [1.54, 1.807) is 4.90 Å². The minimum atomic E-state index is -4.73. The number of halogens is 4. The first-order valence-electron chi connectivity index (χ1n) is 9.94. The molecule has 0 radical (unpaired) electrons. The second-order valence-corrected chi connectivity index (χ2v) is 9.57. The Morgan fingerprint density at radius 2 is 1.87 bits per heavy atom. The SMILES string of the molecule is O=S(=O)(Nc1cccc(F)n1)c1c(F)cc(N2CCC(=[N+]3CCCCC3)C2)c(Cl)c1F. The normalized spacial score (nSPS) is 17.4. The summed E-state index contributed by atoms with van der Waals surface area (Å²) >= 11 is 6.14. The van der Waals surface area contributed by atoms with E-state index in [1.807, 2.05) is 4.72 Å².